The van der Waals surface area contributed by atoms with E-state index in [1.165, 1.54) is 0 Å². The highest BCUT2D eigenvalue weighted by molar-refractivity contribution is 5.91. The summed E-state index contributed by atoms with van der Waals surface area (Å²) in [5.74, 6) is 1.80. The summed E-state index contributed by atoms with van der Waals surface area (Å²) in [7, 11) is 0. The van der Waals surface area contributed by atoms with Crippen LogP contribution in [0.25, 0.3) is 38.9 Å². The Balaban J connectivity index is 1.44. The van der Waals surface area contributed by atoms with E-state index in [1.54, 1.807) is 13.1 Å². The van der Waals surface area contributed by atoms with Gasteiger partial charge in [-0.2, -0.15) is 0 Å². The van der Waals surface area contributed by atoms with Crippen LogP contribution in [0, 0.1) is 0 Å². The molecule has 0 saturated carbocycles. The topological polar surface area (TPSA) is 89.4 Å². The lowest BCUT2D eigenvalue weighted by Crippen LogP contribution is -2.36. The first-order chi connectivity index (χ1) is 17.1. The number of pyridine rings is 1. The molecule has 1 saturated heterocycles. The van der Waals surface area contributed by atoms with Crippen LogP contribution in [0.3, 0.4) is 0 Å². The van der Waals surface area contributed by atoms with Crippen LogP contribution in [0.2, 0.25) is 0 Å². The second-order valence-electron chi connectivity index (χ2n) is 9.10. The highest BCUT2D eigenvalue weighted by atomic mass is 16.2. The van der Waals surface area contributed by atoms with Crippen LogP contribution in [0.15, 0.2) is 73.1 Å². The third-order valence-electron chi connectivity index (χ3n) is 6.95. The fourth-order valence-electron chi connectivity index (χ4n) is 5.06. The smallest absolute Gasteiger partial charge is 0.219 e. The van der Waals surface area contributed by atoms with Crippen LogP contribution < -0.4 is 5.73 Å². The molecule has 1 aliphatic heterocycles. The van der Waals surface area contributed by atoms with Gasteiger partial charge < -0.3 is 10.6 Å². The quantitative estimate of drug-likeness (QED) is 0.411. The van der Waals surface area contributed by atoms with Crippen LogP contribution in [0.1, 0.15) is 31.5 Å². The number of hydrogen-bond donors (Lipinski definition) is 1. The molecule has 1 amide bonds. The first-order valence-corrected chi connectivity index (χ1v) is 11.9. The van der Waals surface area contributed by atoms with Gasteiger partial charge in [0.25, 0.3) is 0 Å². The molecule has 0 radical (unpaired) electrons. The summed E-state index contributed by atoms with van der Waals surface area (Å²) in [6.07, 6.45) is 5.40. The third-order valence-corrected chi connectivity index (χ3v) is 6.95. The fourth-order valence-corrected chi connectivity index (χ4v) is 5.06. The van der Waals surface area contributed by atoms with Crippen molar-refractivity contribution < 1.29 is 4.79 Å². The van der Waals surface area contributed by atoms with Crippen molar-refractivity contribution in [3.8, 4) is 22.5 Å². The molecule has 174 valence electrons. The van der Waals surface area contributed by atoms with Crippen LogP contribution in [-0.4, -0.2) is 43.2 Å². The number of rotatable bonds is 3. The maximum Gasteiger partial charge on any atom is 0.219 e. The van der Waals surface area contributed by atoms with Crippen molar-refractivity contribution in [2.75, 3.05) is 18.8 Å². The van der Waals surface area contributed by atoms with Crippen LogP contribution >= 0.6 is 0 Å². The van der Waals surface area contributed by atoms with Gasteiger partial charge in [-0.05, 0) is 25.0 Å². The van der Waals surface area contributed by atoms with E-state index >= 15 is 0 Å². The first-order valence-electron chi connectivity index (χ1n) is 11.9. The van der Waals surface area contributed by atoms with Crippen molar-refractivity contribution in [1.29, 1.82) is 0 Å². The fraction of sp³-hybridized carbons (Fsp3) is 0.214. The minimum Gasteiger partial charge on any atom is -0.382 e. The number of nitrogens with zero attached hydrogens (tertiary/aromatic N) is 5. The summed E-state index contributed by atoms with van der Waals surface area (Å²) in [6.45, 7) is 3.12. The molecule has 35 heavy (non-hydrogen) atoms. The Kier molecular flexibility index (Phi) is 5.17. The zero-order chi connectivity index (χ0) is 23.9. The number of piperidine rings is 1. The molecular weight excluding hydrogens is 436 g/mol. The van der Waals surface area contributed by atoms with Crippen LogP contribution in [-0.2, 0) is 4.79 Å². The number of fused-ring (bicyclic) bond motifs is 2. The monoisotopic (exact) mass is 462 g/mol. The average molecular weight is 463 g/mol. The van der Waals surface area contributed by atoms with E-state index in [9.17, 15) is 4.79 Å². The predicted octanol–water partition coefficient (Wildman–Crippen LogP) is 4.92. The van der Waals surface area contributed by atoms with E-state index in [0.29, 0.717) is 5.82 Å². The maximum atomic E-state index is 11.8. The lowest BCUT2D eigenvalue weighted by atomic mass is 9.96. The molecule has 1 fully saturated rings. The van der Waals surface area contributed by atoms with Crippen LogP contribution in [0.4, 0.5) is 5.82 Å². The highest BCUT2D eigenvalue weighted by Crippen LogP contribution is 2.35. The molecule has 6 rings (SSSR count). The Hall–Kier alpha value is -4.26. The van der Waals surface area contributed by atoms with E-state index in [0.717, 1.165) is 70.7 Å². The summed E-state index contributed by atoms with van der Waals surface area (Å²) >= 11 is 0. The summed E-state index contributed by atoms with van der Waals surface area (Å²) in [5, 5.41) is 1.07. The number of nitrogens with two attached hydrogens (primary N) is 1. The Morgan fingerprint density at radius 2 is 1.74 bits per heavy atom. The predicted molar refractivity (Wildman–Crippen MR) is 138 cm³/mol. The van der Waals surface area contributed by atoms with Crippen molar-refractivity contribution in [2.45, 2.75) is 25.7 Å². The molecule has 0 bridgehead atoms. The molecule has 0 spiro atoms. The number of carbonyl (C=O) groups is 1. The number of benzene rings is 2. The van der Waals surface area contributed by atoms with Gasteiger partial charge >= 0.3 is 0 Å². The van der Waals surface area contributed by atoms with Gasteiger partial charge in [0.2, 0.25) is 5.91 Å². The van der Waals surface area contributed by atoms with E-state index in [2.05, 4.69) is 51.8 Å². The summed E-state index contributed by atoms with van der Waals surface area (Å²) in [5.41, 5.74) is 11.9. The number of hydrogen-bond acceptors (Lipinski definition) is 5. The Bertz CT molecular complexity index is 1550. The Morgan fingerprint density at radius 3 is 2.51 bits per heavy atom. The number of anilines is 1. The molecule has 0 atom stereocenters. The zero-order valence-electron chi connectivity index (χ0n) is 19.6. The lowest BCUT2D eigenvalue weighted by Gasteiger charge is -2.30. The van der Waals surface area contributed by atoms with Gasteiger partial charge in [0.1, 0.15) is 22.9 Å². The SMILES string of the molecule is CC(=O)N1CCC(c2nc(-c3ccc4ccc(-c5ccccc5)nc4c3)c3c(N)nccn23)CC1. The Labute approximate surface area is 203 Å². The molecule has 5 aromatic rings. The largest absolute Gasteiger partial charge is 0.382 e. The van der Waals surface area contributed by atoms with Gasteiger partial charge in [0.05, 0.1) is 11.2 Å². The normalized spacial score (nSPS) is 14.6. The maximum absolute atomic E-state index is 11.8. The minimum absolute atomic E-state index is 0.129. The van der Waals surface area contributed by atoms with Crippen molar-refractivity contribution in [3.05, 3.63) is 78.9 Å². The lowest BCUT2D eigenvalue weighted by molar-refractivity contribution is -0.129. The molecule has 0 aliphatic carbocycles. The third kappa shape index (κ3) is 3.79. The number of likely N-dealkylation sites (tertiary alicyclic amines) is 1. The van der Waals surface area contributed by atoms with Gasteiger partial charge in [0, 0.05) is 54.8 Å². The first kappa shape index (κ1) is 21.3. The molecule has 7 heteroatoms. The van der Waals surface area contributed by atoms with Gasteiger partial charge in [0.15, 0.2) is 0 Å². The molecule has 2 aromatic carbocycles. The van der Waals surface area contributed by atoms with E-state index in [-0.39, 0.29) is 11.8 Å². The van der Waals surface area contributed by atoms with Gasteiger partial charge in [-0.3, -0.25) is 9.20 Å². The van der Waals surface area contributed by atoms with E-state index in [4.69, 9.17) is 15.7 Å². The molecule has 3 aromatic heterocycles. The summed E-state index contributed by atoms with van der Waals surface area (Å²) in [4.78, 5) is 28.1. The van der Waals surface area contributed by atoms with Crippen molar-refractivity contribution >= 4 is 28.1 Å². The zero-order valence-corrected chi connectivity index (χ0v) is 19.6. The molecular formula is C28H26N6O. The molecule has 4 heterocycles. The second-order valence-corrected chi connectivity index (χ2v) is 9.10. The number of carbonyl (C=O) groups excluding carboxylic acids is 1. The van der Waals surface area contributed by atoms with E-state index < -0.39 is 0 Å². The highest BCUT2D eigenvalue weighted by Gasteiger charge is 2.27. The van der Waals surface area contributed by atoms with Gasteiger partial charge in [-0.1, -0.05) is 48.5 Å². The number of imidazole rings is 1. The number of amides is 1. The standard InChI is InChI=1S/C28H26N6O/c1-18(35)33-14-11-21(12-15-33)28-32-25(26-27(29)30-13-16-34(26)28)22-8-7-20-9-10-23(31-24(20)17-22)19-5-3-2-4-6-19/h2-10,13,16-17,21H,11-12,14-15H2,1H3,(H2,29,30). The van der Waals surface area contributed by atoms with E-state index in [1.807, 2.05) is 29.3 Å². The summed E-state index contributed by atoms with van der Waals surface area (Å²) < 4.78 is 2.07. The average Bonchev–Trinajstić information content (AvgIpc) is 3.30. The number of nitrogen functional groups attached to an aromatic ring is 1. The van der Waals surface area contributed by atoms with Gasteiger partial charge in [-0.15, -0.1) is 0 Å². The van der Waals surface area contributed by atoms with Crippen molar-refractivity contribution in [2.24, 2.45) is 0 Å². The van der Waals surface area contributed by atoms with Crippen molar-refractivity contribution in [3.63, 3.8) is 0 Å². The number of aromatic nitrogens is 4. The second kappa shape index (κ2) is 8.51. The molecule has 2 N–H and O–H groups in total. The van der Waals surface area contributed by atoms with Crippen molar-refractivity contribution in [1.82, 2.24) is 24.3 Å². The Morgan fingerprint density at radius 1 is 0.971 bits per heavy atom. The molecule has 0 unspecified atom stereocenters. The summed E-state index contributed by atoms with van der Waals surface area (Å²) in [6, 6.07) is 20.6. The minimum atomic E-state index is 0.129. The van der Waals surface area contributed by atoms with Crippen LogP contribution in [0.5, 0.6) is 0 Å². The molecule has 1 aliphatic rings. The molecule has 7 nitrogen and oxygen atoms in total. The van der Waals surface area contributed by atoms with Gasteiger partial charge in [-0.25, -0.2) is 15.0 Å².